The first-order valence-corrected chi connectivity index (χ1v) is 7.31. The summed E-state index contributed by atoms with van der Waals surface area (Å²) in [5.41, 5.74) is 0.457. The first-order chi connectivity index (χ1) is 10.6. The van der Waals surface area contributed by atoms with Crippen LogP contribution in [0.1, 0.15) is 30.1 Å². The van der Waals surface area contributed by atoms with Crippen LogP contribution in [0, 0.1) is 0 Å². The lowest BCUT2D eigenvalue weighted by Gasteiger charge is -2.20. The third-order valence-corrected chi connectivity index (χ3v) is 2.97. The molecule has 1 aromatic rings. The third kappa shape index (κ3) is 6.13. The maximum atomic E-state index is 12.3. The molecule has 1 amide bonds. The van der Waals surface area contributed by atoms with Crippen LogP contribution in [0.5, 0.6) is 5.75 Å². The molecular formula is C16H23NO5. The van der Waals surface area contributed by atoms with Crippen LogP contribution in [0.2, 0.25) is 0 Å². The molecule has 122 valence electrons. The minimum absolute atomic E-state index is 0.282. The lowest BCUT2D eigenvalue weighted by atomic mass is 10.2. The van der Waals surface area contributed by atoms with Crippen molar-refractivity contribution in [1.29, 1.82) is 0 Å². The number of carboxylic acids is 1. The number of hydrogen-bond acceptors (Lipinski definition) is 4. The summed E-state index contributed by atoms with van der Waals surface area (Å²) >= 11 is 0. The normalized spacial score (nSPS) is 10.3. The van der Waals surface area contributed by atoms with Crippen molar-refractivity contribution in [1.82, 2.24) is 4.90 Å². The molecule has 0 saturated heterocycles. The van der Waals surface area contributed by atoms with Gasteiger partial charge in [0.2, 0.25) is 0 Å². The Morgan fingerprint density at radius 2 is 1.86 bits per heavy atom. The summed E-state index contributed by atoms with van der Waals surface area (Å²) in [5, 5.41) is 8.87. The third-order valence-electron chi connectivity index (χ3n) is 2.97. The molecule has 0 fully saturated rings. The van der Waals surface area contributed by atoms with Crippen LogP contribution in [0.15, 0.2) is 24.3 Å². The van der Waals surface area contributed by atoms with E-state index in [0.717, 1.165) is 6.42 Å². The second kappa shape index (κ2) is 9.78. The van der Waals surface area contributed by atoms with E-state index in [1.807, 2.05) is 6.92 Å². The number of benzene rings is 1. The Morgan fingerprint density at radius 3 is 2.41 bits per heavy atom. The molecule has 0 aliphatic heterocycles. The van der Waals surface area contributed by atoms with Crippen molar-refractivity contribution in [3.8, 4) is 5.75 Å². The highest BCUT2D eigenvalue weighted by Gasteiger charge is 2.17. The fraction of sp³-hybridized carbons (Fsp3) is 0.500. The van der Waals surface area contributed by atoms with E-state index in [-0.39, 0.29) is 12.5 Å². The number of carboxylic acid groups (broad SMARTS) is 1. The van der Waals surface area contributed by atoms with Gasteiger partial charge in [-0.25, -0.2) is 0 Å². The number of hydrogen-bond donors (Lipinski definition) is 1. The summed E-state index contributed by atoms with van der Waals surface area (Å²) in [4.78, 5) is 24.4. The van der Waals surface area contributed by atoms with Crippen molar-refractivity contribution in [2.24, 2.45) is 0 Å². The zero-order valence-electron chi connectivity index (χ0n) is 13.1. The van der Waals surface area contributed by atoms with Gasteiger partial charge in [0, 0.05) is 32.2 Å². The molecule has 1 aromatic carbocycles. The zero-order chi connectivity index (χ0) is 16.4. The second-order valence-corrected chi connectivity index (χ2v) is 4.84. The maximum absolute atomic E-state index is 12.3. The molecule has 1 N–H and O–H groups in total. The fourth-order valence-corrected chi connectivity index (χ4v) is 1.96. The van der Waals surface area contributed by atoms with Crippen LogP contribution in [-0.2, 0) is 9.53 Å². The molecular weight excluding hydrogens is 286 g/mol. The monoisotopic (exact) mass is 309 g/mol. The predicted octanol–water partition coefficient (Wildman–Crippen LogP) is 2.04. The predicted molar refractivity (Wildman–Crippen MR) is 82.3 cm³/mol. The molecule has 0 bridgehead atoms. The summed E-state index contributed by atoms with van der Waals surface area (Å²) in [6, 6.07) is 6.73. The van der Waals surface area contributed by atoms with Gasteiger partial charge in [-0.3, -0.25) is 9.59 Å². The second-order valence-electron chi connectivity index (χ2n) is 4.84. The summed E-state index contributed by atoms with van der Waals surface area (Å²) in [7, 11) is 1.64. The number of methoxy groups -OCH3 is 1. The van der Waals surface area contributed by atoms with Gasteiger partial charge in [-0.1, -0.05) is 6.92 Å². The molecule has 0 radical (unpaired) electrons. The Labute approximate surface area is 130 Å². The van der Waals surface area contributed by atoms with Crippen LogP contribution in [-0.4, -0.2) is 55.3 Å². The average Bonchev–Trinajstić information content (AvgIpc) is 2.51. The molecule has 0 heterocycles. The van der Waals surface area contributed by atoms with Crippen molar-refractivity contribution >= 4 is 11.9 Å². The van der Waals surface area contributed by atoms with E-state index in [9.17, 15) is 9.59 Å². The number of rotatable bonds is 10. The largest absolute Gasteiger partial charge is 0.494 e. The number of aliphatic carboxylic acids is 1. The average molecular weight is 309 g/mol. The van der Waals surface area contributed by atoms with E-state index in [1.54, 1.807) is 31.4 Å². The van der Waals surface area contributed by atoms with Gasteiger partial charge in [0.1, 0.15) is 12.3 Å². The molecule has 1 rings (SSSR count). The molecule has 0 aromatic heterocycles. The van der Waals surface area contributed by atoms with E-state index < -0.39 is 5.97 Å². The van der Waals surface area contributed by atoms with Gasteiger partial charge in [0.05, 0.1) is 6.61 Å². The molecule has 0 atom stereocenters. The highest BCUT2D eigenvalue weighted by Crippen LogP contribution is 2.14. The minimum Gasteiger partial charge on any atom is -0.494 e. The van der Waals surface area contributed by atoms with Gasteiger partial charge < -0.3 is 19.5 Å². The highest BCUT2D eigenvalue weighted by molar-refractivity contribution is 5.95. The minimum atomic E-state index is -1.01. The Kier molecular flexibility index (Phi) is 7.99. The first kappa shape index (κ1) is 18.0. The molecule has 22 heavy (non-hydrogen) atoms. The lowest BCUT2D eigenvalue weighted by Crippen LogP contribution is -2.36. The summed E-state index contributed by atoms with van der Waals surface area (Å²) in [6.07, 6.45) is 1.50. The van der Waals surface area contributed by atoms with Gasteiger partial charge in [-0.15, -0.1) is 0 Å². The van der Waals surface area contributed by atoms with Crippen molar-refractivity contribution in [3.05, 3.63) is 29.8 Å². The van der Waals surface area contributed by atoms with Crippen LogP contribution in [0.25, 0.3) is 0 Å². The quantitative estimate of drug-likeness (QED) is 0.669. The van der Waals surface area contributed by atoms with E-state index in [1.165, 1.54) is 4.90 Å². The lowest BCUT2D eigenvalue weighted by molar-refractivity contribution is -0.137. The smallest absolute Gasteiger partial charge is 0.323 e. The summed E-state index contributed by atoms with van der Waals surface area (Å²) in [5.74, 6) is -0.622. The molecule has 0 aliphatic carbocycles. The molecule has 0 unspecified atom stereocenters. The number of ether oxygens (including phenoxy) is 2. The SMILES string of the molecule is CCCN(CC(=O)O)C(=O)c1ccc(OCCCOC)cc1. The Morgan fingerprint density at radius 1 is 1.18 bits per heavy atom. The fourth-order valence-electron chi connectivity index (χ4n) is 1.96. The van der Waals surface area contributed by atoms with Crippen LogP contribution in [0.4, 0.5) is 0 Å². The topological polar surface area (TPSA) is 76.1 Å². The molecule has 0 aliphatic rings. The number of carbonyl (C=O) groups is 2. The van der Waals surface area contributed by atoms with Crippen molar-refractivity contribution in [2.45, 2.75) is 19.8 Å². The van der Waals surface area contributed by atoms with Gasteiger partial charge in [-0.05, 0) is 30.7 Å². The van der Waals surface area contributed by atoms with E-state index in [0.29, 0.717) is 37.5 Å². The van der Waals surface area contributed by atoms with Crippen LogP contribution in [0.3, 0.4) is 0 Å². The number of nitrogens with zero attached hydrogens (tertiary/aromatic N) is 1. The highest BCUT2D eigenvalue weighted by atomic mass is 16.5. The molecule has 6 nitrogen and oxygen atoms in total. The Bertz CT molecular complexity index is 472. The van der Waals surface area contributed by atoms with Gasteiger partial charge >= 0.3 is 5.97 Å². The van der Waals surface area contributed by atoms with Crippen molar-refractivity contribution < 1.29 is 24.2 Å². The van der Waals surface area contributed by atoms with E-state index in [2.05, 4.69) is 0 Å². The molecule has 0 spiro atoms. The van der Waals surface area contributed by atoms with Crippen molar-refractivity contribution in [3.63, 3.8) is 0 Å². The maximum Gasteiger partial charge on any atom is 0.323 e. The van der Waals surface area contributed by atoms with Gasteiger partial charge in [0.15, 0.2) is 0 Å². The van der Waals surface area contributed by atoms with Crippen molar-refractivity contribution in [2.75, 3.05) is 33.4 Å². The zero-order valence-corrected chi connectivity index (χ0v) is 13.1. The Hall–Kier alpha value is -2.08. The van der Waals surface area contributed by atoms with E-state index >= 15 is 0 Å². The van der Waals surface area contributed by atoms with E-state index in [4.69, 9.17) is 14.6 Å². The molecule has 0 saturated carbocycles. The van der Waals surface area contributed by atoms with Crippen LogP contribution < -0.4 is 4.74 Å². The van der Waals surface area contributed by atoms with Gasteiger partial charge in [0.25, 0.3) is 5.91 Å². The number of carbonyl (C=O) groups excluding carboxylic acids is 1. The number of amides is 1. The van der Waals surface area contributed by atoms with Gasteiger partial charge in [-0.2, -0.15) is 0 Å². The van der Waals surface area contributed by atoms with Crippen LogP contribution >= 0.6 is 0 Å². The summed E-state index contributed by atoms with van der Waals surface area (Å²) in [6.45, 7) is 3.21. The summed E-state index contributed by atoms with van der Waals surface area (Å²) < 4.78 is 10.4. The molecule has 6 heteroatoms. The Balaban J connectivity index is 2.63. The first-order valence-electron chi connectivity index (χ1n) is 7.31. The standard InChI is InChI=1S/C16H23NO5/c1-3-9-17(12-15(18)19)16(20)13-5-7-14(8-6-13)22-11-4-10-21-2/h5-8H,3-4,9-12H2,1-2H3,(H,18,19).